The molecule has 0 aromatic carbocycles. The van der Waals surface area contributed by atoms with Crippen LogP contribution in [0.25, 0.3) is 0 Å². The highest BCUT2D eigenvalue weighted by molar-refractivity contribution is 7.99. The van der Waals surface area contributed by atoms with Gasteiger partial charge in [0.05, 0.1) is 5.02 Å². The minimum absolute atomic E-state index is 0.661. The summed E-state index contributed by atoms with van der Waals surface area (Å²) >= 11 is 7.56. The maximum absolute atomic E-state index is 6.08. The fourth-order valence-corrected chi connectivity index (χ4v) is 2.63. The fraction of sp³-hybridized carbons (Fsp3) is 0.286. The summed E-state index contributed by atoms with van der Waals surface area (Å²) in [4.78, 5) is 8.68. The minimum atomic E-state index is 0.661. The summed E-state index contributed by atoms with van der Waals surface area (Å²) < 4.78 is 0. The molecule has 2 heterocycles. The average Bonchev–Trinajstić information content (AvgIpc) is 3.25. The van der Waals surface area contributed by atoms with Crippen molar-refractivity contribution in [3.63, 3.8) is 0 Å². The Hall–Kier alpha value is -1.10. The number of hydrogen-bond donors (Lipinski definition) is 1. The topological polar surface area (TPSA) is 37.8 Å². The molecule has 0 amide bonds. The smallest absolute Gasteiger partial charge is 0.121 e. The second-order valence-electron chi connectivity index (χ2n) is 4.55. The number of pyridine rings is 2. The normalized spacial score (nSPS) is 14.6. The van der Waals surface area contributed by atoms with Gasteiger partial charge in [0, 0.05) is 25.0 Å². The van der Waals surface area contributed by atoms with Crippen LogP contribution < -0.4 is 5.32 Å². The molecule has 1 saturated carbocycles. The van der Waals surface area contributed by atoms with Gasteiger partial charge in [-0.1, -0.05) is 17.7 Å². The summed E-state index contributed by atoms with van der Waals surface area (Å²) in [6.07, 6.45) is 6.26. The zero-order valence-corrected chi connectivity index (χ0v) is 11.9. The van der Waals surface area contributed by atoms with Gasteiger partial charge in [-0.3, -0.25) is 0 Å². The minimum Gasteiger partial charge on any atom is -0.310 e. The molecular formula is C14H14ClN3S. The highest BCUT2D eigenvalue weighted by atomic mass is 35.5. The Morgan fingerprint density at radius 1 is 1.26 bits per heavy atom. The number of nitrogens with one attached hydrogen (secondary N) is 1. The fourth-order valence-electron chi connectivity index (χ4n) is 1.67. The second kappa shape index (κ2) is 5.90. The first-order valence-corrected chi connectivity index (χ1v) is 7.47. The average molecular weight is 292 g/mol. The molecule has 2 aromatic rings. The first kappa shape index (κ1) is 12.9. The molecule has 0 aliphatic heterocycles. The SMILES string of the molecule is Clc1cccnc1Sc1ccc(CNC2CC2)cn1. The maximum atomic E-state index is 6.08. The lowest BCUT2D eigenvalue weighted by atomic mass is 10.3. The van der Waals surface area contributed by atoms with E-state index in [1.165, 1.54) is 30.2 Å². The van der Waals surface area contributed by atoms with Crippen LogP contribution in [0.5, 0.6) is 0 Å². The molecule has 2 aromatic heterocycles. The van der Waals surface area contributed by atoms with Crippen LogP contribution >= 0.6 is 23.4 Å². The number of halogens is 1. The Labute approximate surface area is 121 Å². The van der Waals surface area contributed by atoms with E-state index in [2.05, 4.69) is 21.4 Å². The van der Waals surface area contributed by atoms with Crippen LogP contribution in [-0.4, -0.2) is 16.0 Å². The van der Waals surface area contributed by atoms with E-state index in [0.717, 1.165) is 22.6 Å². The van der Waals surface area contributed by atoms with Crippen LogP contribution in [0.1, 0.15) is 18.4 Å². The van der Waals surface area contributed by atoms with E-state index in [4.69, 9.17) is 11.6 Å². The number of nitrogens with zero attached hydrogens (tertiary/aromatic N) is 2. The summed E-state index contributed by atoms with van der Waals surface area (Å²) in [7, 11) is 0. The van der Waals surface area contributed by atoms with E-state index >= 15 is 0 Å². The Balaban J connectivity index is 1.63. The Kier molecular flexibility index (Phi) is 4.01. The molecular weight excluding hydrogens is 278 g/mol. The van der Waals surface area contributed by atoms with Crippen molar-refractivity contribution < 1.29 is 0 Å². The van der Waals surface area contributed by atoms with Crippen molar-refractivity contribution in [2.75, 3.05) is 0 Å². The summed E-state index contributed by atoms with van der Waals surface area (Å²) in [5.41, 5.74) is 1.21. The molecule has 0 spiro atoms. The summed E-state index contributed by atoms with van der Waals surface area (Å²) in [5, 5.41) is 5.84. The zero-order valence-electron chi connectivity index (χ0n) is 10.3. The molecule has 0 radical (unpaired) electrons. The molecule has 1 N–H and O–H groups in total. The monoisotopic (exact) mass is 291 g/mol. The molecule has 0 unspecified atom stereocenters. The van der Waals surface area contributed by atoms with Gasteiger partial charge in [0.2, 0.25) is 0 Å². The van der Waals surface area contributed by atoms with Crippen LogP contribution in [0, 0.1) is 0 Å². The second-order valence-corrected chi connectivity index (χ2v) is 5.97. The predicted octanol–water partition coefficient (Wildman–Crippen LogP) is 3.53. The third-order valence-electron chi connectivity index (χ3n) is 2.90. The van der Waals surface area contributed by atoms with E-state index in [9.17, 15) is 0 Å². The third kappa shape index (κ3) is 3.69. The van der Waals surface area contributed by atoms with Gasteiger partial charge in [0.25, 0.3) is 0 Å². The molecule has 98 valence electrons. The van der Waals surface area contributed by atoms with Gasteiger partial charge in [-0.25, -0.2) is 9.97 Å². The first-order valence-electron chi connectivity index (χ1n) is 6.28. The van der Waals surface area contributed by atoms with Gasteiger partial charge < -0.3 is 5.32 Å². The van der Waals surface area contributed by atoms with E-state index in [-0.39, 0.29) is 0 Å². The predicted molar refractivity (Wildman–Crippen MR) is 77.5 cm³/mol. The molecule has 1 aliphatic carbocycles. The quantitative estimate of drug-likeness (QED) is 0.914. The Morgan fingerprint density at radius 3 is 2.84 bits per heavy atom. The maximum Gasteiger partial charge on any atom is 0.121 e. The van der Waals surface area contributed by atoms with Gasteiger partial charge >= 0.3 is 0 Å². The van der Waals surface area contributed by atoms with Gasteiger partial charge in [0.1, 0.15) is 10.1 Å². The molecule has 5 heteroatoms. The van der Waals surface area contributed by atoms with Gasteiger partial charge in [0.15, 0.2) is 0 Å². The standard InChI is InChI=1S/C14H14ClN3S/c15-12-2-1-7-16-14(12)19-13-6-3-10(9-18-13)8-17-11-4-5-11/h1-3,6-7,9,11,17H,4-5,8H2. The highest BCUT2D eigenvalue weighted by Crippen LogP contribution is 2.29. The number of hydrogen-bond acceptors (Lipinski definition) is 4. The first-order chi connectivity index (χ1) is 9.31. The summed E-state index contributed by atoms with van der Waals surface area (Å²) in [6.45, 7) is 0.896. The van der Waals surface area contributed by atoms with Crippen molar-refractivity contribution in [1.29, 1.82) is 0 Å². The lowest BCUT2D eigenvalue weighted by Crippen LogP contribution is -2.15. The molecule has 0 saturated heterocycles. The van der Waals surface area contributed by atoms with Crippen molar-refractivity contribution >= 4 is 23.4 Å². The van der Waals surface area contributed by atoms with Crippen molar-refractivity contribution in [2.45, 2.75) is 35.5 Å². The summed E-state index contributed by atoms with van der Waals surface area (Å²) in [6, 6.07) is 8.50. The van der Waals surface area contributed by atoms with Crippen LogP contribution in [0.4, 0.5) is 0 Å². The highest BCUT2D eigenvalue weighted by Gasteiger charge is 2.19. The lowest BCUT2D eigenvalue weighted by Gasteiger charge is -2.05. The molecule has 3 nitrogen and oxygen atoms in total. The molecule has 3 rings (SSSR count). The van der Waals surface area contributed by atoms with Crippen molar-refractivity contribution in [2.24, 2.45) is 0 Å². The molecule has 19 heavy (non-hydrogen) atoms. The lowest BCUT2D eigenvalue weighted by molar-refractivity contribution is 0.685. The van der Waals surface area contributed by atoms with E-state index in [0.29, 0.717) is 5.02 Å². The van der Waals surface area contributed by atoms with Crippen molar-refractivity contribution in [3.05, 3.63) is 47.2 Å². The molecule has 0 bridgehead atoms. The summed E-state index contributed by atoms with van der Waals surface area (Å²) in [5.74, 6) is 0. The van der Waals surface area contributed by atoms with Crippen LogP contribution in [0.15, 0.2) is 46.7 Å². The number of aromatic nitrogens is 2. The third-order valence-corrected chi connectivity index (χ3v) is 4.28. The Bertz CT molecular complexity index is 555. The van der Waals surface area contributed by atoms with Crippen LogP contribution in [0.3, 0.4) is 0 Å². The molecule has 0 atom stereocenters. The number of rotatable bonds is 5. The van der Waals surface area contributed by atoms with Gasteiger partial charge in [-0.05, 0) is 48.4 Å². The molecule has 1 aliphatic rings. The zero-order chi connectivity index (χ0) is 13.1. The largest absolute Gasteiger partial charge is 0.310 e. The van der Waals surface area contributed by atoms with Gasteiger partial charge in [-0.2, -0.15) is 0 Å². The van der Waals surface area contributed by atoms with Crippen LogP contribution in [0.2, 0.25) is 5.02 Å². The van der Waals surface area contributed by atoms with Crippen molar-refractivity contribution in [3.8, 4) is 0 Å². The van der Waals surface area contributed by atoms with E-state index in [1.807, 2.05) is 24.4 Å². The Morgan fingerprint density at radius 2 is 2.16 bits per heavy atom. The molecule has 1 fully saturated rings. The van der Waals surface area contributed by atoms with Crippen molar-refractivity contribution in [1.82, 2.24) is 15.3 Å². The van der Waals surface area contributed by atoms with Gasteiger partial charge in [-0.15, -0.1) is 0 Å². The van der Waals surface area contributed by atoms with Crippen LogP contribution in [-0.2, 0) is 6.54 Å². The van der Waals surface area contributed by atoms with E-state index in [1.54, 1.807) is 6.20 Å². The van der Waals surface area contributed by atoms with E-state index < -0.39 is 0 Å².